The van der Waals surface area contributed by atoms with Gasteiger partial charge in [-0.25, -0.2) is 0 Å². The standard InChI is InChI=1S/C13H14BrNO2/c1-17-12(16)13(4-8-2-9(8)5-13)10-3-11(14)7-15-6-10/h3,6-9H,2,4-5H2,1H3. The maximum atomic E-state index is 12.1. The summed E-state index contributed by atoms with van der Waals surface area (Å²) in [5.41, 5.74) is 0.546. The minimum Gasteiger partial charge on any atom is -0.468 e. The van der Waals surface area contributed by atoms with Gasteiger partial charge in [-0.1, -0.05) is 0 Å². The van der Waals surface area contributed by atoms with Crippen LogP contribution in [0.2, 0.25) is 0 Å². The number of carbonyl (C=O) groups is 1. The second-order valence-electron chi connectivity index (χ2n) is 5.13. The molecule has 0 aromatic carbocycles. The highest BCUT2D eigenvalue weighted by atomic mass is 79.9. The summed E-state index contributed by atoms with van der Waals surface area (Å²) in [4.78, 5) is 16.3. The number of pyridine rings is 1. The average Bonchev–Trinajstić information content (AvgIpc) is 2.95. The molecule has 2 aliphatic carbocycles. The van der Waals surface area contributed by atoms with Crippen LogP contribution in [0.5, 0.6) is 0 Å². The zero-order valence-corrected chi connectivity index (χ0v) is 11.2. The van der Waals surface area contributed by atoms with Crippen molar-refractivity contribution in [3.63, 3.8) is 0 Å². The number of esters is 1. The Morgan fingerprint density at radius 2 is 2.18 bits per heavy atom. The maximum Gasteiger partial charge on any atom is 0.316 e. The van der Waals surface area contributed by atoms with E-state index in [4.69, 9.17) is 4.74 Å². The third kappa shape index (κ3) is 1.69. The van der Waals surface area contributed by atoms with Gasteiger partial charge in [0.05, 0.1) is 12.5 Å². The lowest BCUT2D eigenvalue weighted by Gasteiger charge is -2.28. The second-order valence-corrected chi connectivity index (χ2v) is 6.05. The molecule has 4 heteroatoms. The molecule has 2 unspecified atom stereocenters. The average molecular weight is 296 g/mol. The van der Waals surface area contributed by atoms with E-state index >= 15 is 0 Å². The van der Waals surface area contributed by atoms with E-state index in [1.54, 1.807) is 12.4 Å². The minimum atomic E-state index is -0.445. The number of fused-ring (bicyclic) bond motifs is 1. The molecule has 0 saturated heterocycles. The van der Waals surface area contributed by atoms with E-state index in [2.05, 4.69) is 20.9 Å². The molecule has 0 aliphatic heterocycles. The van der Waals surface area contributed by atoms with Gasteiger partial charge in [0.15, 0.2) is 0 Å². The van der Waals surface area contributed by atoms with Crippen molar-refractivity contribution in [2.45, 2.75) is 24.7 Å². The number of carbonyl (C=O) groups excluding carboxylic acids is 1. The zero-order valence-electron chi connectivity index (χ0n) is 9.65. The lowest BCUT2D eigenvalue weighted by atomic mass is 9.77. The summed E-state index contributed by atoms with van der Waals surface area (Å²) in [6, 6.07) is 1.99. The molecule has 0 radical (unpaired) electrons. The summed E-state index contributed by atoms with van der Waals surface area (Å²) in [5, 5.41) is 0. The van der Waals surface area contributed by atoms with Crippen molar-refractivity contribution < 1.29 is 9.53 Å². The highest BCUT2D eigenvalue weighted by Gasteiger charge is 2.58. The fraction of sp³-hybridized carbons (Fsp3) is 0.538. The van der Waals surface area contributed by atoms with Crippen molar-refractivity contribution in [3.05, 3.63) is 28.5 Å². The zero-order chi connectivity index (χ0) is 12.0. The predicted molar refractivity (Wildman–Crippen MR) is 66.5 cm³/mol. The summed E-state index contributed by atoms with van der Waals surface area (Å²) >= 11 is 3.42. The molecule has 2 aliphatic rings. The first-order valence-electron chi connectivity index (χ1n) is 5.85. The molecule has 0 N–H and O–H groups in total. The minimum absolute atomic E-state index is 0.107. The monoisotopic (exact) mass is 295 g/mol. The Bertz CT molecular complexity index is 464. The van der Waals surface area contributed by atoms with Crippen LogP contribution in [0.3, 0.4) is 0 Å². The molecule has 1 aromatic heterocycles. The predicted octanol–water partition coefficient (Wildman–Crippen LogP) is 2.68. The van der Waals surface area contributed by atoms with Gasteiger partial charge in [0.25, 0.3) is 0 Å². The normalized spacial score (nSPS) is 34.2. The number of rotatable bonds is 2. The molecule has 2 saturated carbocycles. The fourth-order valence-corrected chi connectivity index (χ4v) is 3.54. The van der Waals surface area contributed by atoms with Gasteiger partial charge >= 0.3 is 5.97 Å². The molecule has 2 atom stereocenters. The van der Waals surface area contributed by atoms with Gasteiger partial charge in [0, 0.05) is 16.9 Å². The molecule has 1 aromatic rings. The van der Waals surface area contributed by atoms with Crippen molar-refractivity contribution in [1.29, 1.82) is 0 Å². The smallest absolute Gasteiger partial charge is 0.316 e. The van der Waals surface area contributed by atoms with E-state index in [0.717, 1.165) is 22.9 Å². The Kier molecular flexibility index (Phi) is 2.51. The van der Waals surface area contributed by atoms with Gasteiger partial charge in [0.1, 0.15) is 0 Å². The topological polar surface area (TPSA) is 39.2 Å². The van der Waals surface area contributed by atoms with Gasteiger partial charge in [-0.2, -0.15) is 0 Å². The van der Waals surface area contributed by atoms with Crippen molar-refractivity contribution in [2.75, 3.05) is 7.11 Å². The molecule has 0 spiro atoms. The third-order valence-electron chi connectivity index (χ3n) is 4.12. The van der Waals surface area contributed by atoms with E-state index in [-0.39, 0.29) is 5.97 Å². The molecule has 17 heavy (non-hydrogen) atoms. The molecule has 0 bridgehead atoms. The van der Waals surface area contributed by atoms with E-state index < -0.39 is 5.41 Å². The van der Waals surface area contributed by atoms with Gasteiger partial charge in [0.2, 0.25) is 0 Å². The van der Waals surface area contributed by atoms with E-state index in [9.17, 15) is 4.79 Å². The molecule has 2 fully saturated rings. The van der Waals surface area contributed by atoms with Gasteiger partial charge in [-0.05, 0) is 58.7 Å². The first-order valence-corrected chi connectivity index (χ1v) is 6.64. The number of ether oxygens (including phenoxy) is 1. The molecular weight excluding hydrogens is 282 g/mol. The largest absolute Gasteiger partial charge is 0.468 e. The maximum absolute atomic E-state index is 12.1. The highest BCUT2D eigenvalue weighted by molar-refractivity contribution is 9.10. The number of halogens is 1. The van der Waals surface area contributed by atoms with E-state index in [1.165, 1.54) is 13.5 Å². The lowest BCUT2D eigenvalue weighted by Crippen LogP contribution is -2.35. The number of hydrogen-bond donors (Lipinski definition) is 0. The molecule has 3 rings (SSSR count). The van der Waals surface area contributed by atoms with Crippen LogP contribution < -0.4 is 0 Å². The van der Waals surface area contributed by atoms with Gasteiger partial charge < -0.3 is 4.74 Å². The number of hydrogen-bond acceptors (Lipinski definition) is 3. The van der Waals surface area contributed by atoms with Crippen LogP contribution in [-0.4, -0.2) is 18.1 Å². The van der Waals surface area contributed by atoms with Crippen LogP contribution in [0.25, 0.3) is 0 Å². The molecule has 90 valence electrons. The van der Waals surface area contributed by atoms with Crippen molar-refractivity contribution in [1.82, 2.24) is 4.98 Å². The van der Waals surface area contributed by atoms with Crippen LogP contribution in [-0.2, 0) is 14.9 Å². The van der Waals surface area contributed by atoms with Gasteiger partial charge in [-0.3, -0.25) is 9.78 Å². The first kappa shape index (κ1) is 11.2. The Labute approximate surface area is 109 Å². The molecule has 3 nitrogen and oxygen atoms in total. The molecule has 0 amide bonds. The van der Waals surface area contributed by atoms with Crippen LogP contribution in [0.4, 0.5) is 0 Å². The lowest BCUT2D eigenvalue weighted by molar-refractivity contribution is -0.147. The van der Waals surface area contributed by atoms with Crippen molar-refractivity contribution in [3.8, 4) is 0 Å². The first-order chi connectivity index (χ1) is 8.15. The Morgan fingerprint density at radius 3 is 2.76 bits per heavy atom. The Balaban J connectivity index is 2.02. The molecule has 1 heterocycles. The van der Waals surface area contributed by atoms with Crippen LogP contribution in [0.1, 0.15) is 24.8 Å². The summed E-state index contributed by atoms with van der Waals surface area (Å²) in [7, 11) is 1.47. The number of nitrogens with zero attached hydrogens (tertiary/aromatic N) is 1. The van der Waals surface area contributed by atoms with Crippen LogP contribution >= 0.6 is 15.9 Å². The fourth-order valence-electron chi connectivity index (χ4n) is 3.18. The van der Waals surface area contributed by atoms with Crippen LogP contribution in [0, 0.1) is 11.8 Å². The quantitative estimate of drug-likeness (QED) is 0.788. The van der Waals surface area contributed by atoms with Crippen molar-refractivity contribution >= 4 is 21.9 Å². The third-order valence-corrected chi connectivity index (χ3v) is 4.56. The summed E-state index contributed by atoms with van der Waals surface area (Å²) in [6.45, 7) is 0. The summed E-state index contributed by atoms with van der Waals surface area (Å²) < 4.78 is 5.93. The molecular formula is C13H14BrNO2. The summed E-state index contributed by atoms with van der Waals surface area (Å²) in [5.74, 6) is 1.32. The van der Waals surface area contributed by atoms with E-state index in [0.29, 0.717) is 11.8 Å². The Morgan fingerprint density at radius 1 is 1.47 bits per heavy atom. The second kappa shape index (κ2) is 3.80. The van der Waals surface area contributed by atoms with E-state index in [1.807, 2.05) is 6.07 Å². The number of methoxy groups -OCH3 is 1. The highest BCUT2D eigenvalue weighted by Crippen LogP contribution is 2.60. The SMILES string of the molecule is COC(=O)C1(c2cncc(Br)c2)CC2CC2C1. The number of aromatic nitrogens is 1. The Hall–Kier alpha value is -0.900. The van der Waals surface area contributed by atoms with Crippen LogP contribution in [0.15, 0.2) is 22.9 Å². The van der Waals surface area contributed by atoms with Gasteiger partial charge in [-0.15, -0.1) is 0 Å². The summed E-state index contributed by atoms with van der Waals surface area (Å²) in [6.07, 6.45) is 6.65. The van der Waals surface area contributed by atoms with Crippen molar-refractivity contribution in [2.24, 2.45) is 11.8 Å².